The van der Waals surface area contributed by atoms with Gasteiger partial charge in [-0.05, 0) is 25.3 Å². The molecule has 5 heteroatoms. The van der Waals surface area contributed by atoms with E-state index in [9.17, 15) is 0 Å². The van der Waals surface area contributed by atoms with Crippen LogP contribution in [0.2, 0.25) is 0 Å². The summed E-state index contributed by atoms with van der Waals surface area (Å²) in [4.78, 5) is 13.8. The zero-order valence-electron chi connectivity index (χ0n) is 13.5. The van der Waals surface area contributed by atoms with Crippen LogP contribution in [0.1, 0.15) is 44.5 Å². The van der Waals surface area contributed by atoms with E-state index in [0.29, 0.717) is 5.92 Å². The molecule has 2 rings (SSSR count). The van der Waals surface area contributed by atoms with Gasteiger partial charge in [-0.2, -0.15) is 5.26 Å². The quantitative estimate of drug-likeness (QED) is 0.850. The lowest BCUT2D eigenvalue weighted by molar-refractivity contribution is 0.215. The maximum absolute atomic E-state index is 9.17. The Labute approximate surface area is 127 Å². The van der Waals surface area contributed by atoms with Gasteiger partial charge in [0, 0.05) is 37.6 Å². The fourth-order valence-corrected chi connectivity index (χ4v) is 2.68. The van der Waals surface area contributed by atoms with E-state index in [2.05, 4.69) is 47.7 Å². The highest BCUT2D eigenvalue weighted by Gasteiger charge is 2.24. The van der Waals surface area contributed by atoms with Crippen molar-refractivity contribution >= 4 is 5.95 Å². The number of piperazine rings is 1. The van der Waals surface area contributed by atoms with Gasteiger partial charge < -0.3 is 4.90 Å². The highest BCUT2D eigenvalue weighted by molar-refractivity contribution is 5.34. The lowest BCUT2D eigenvalue weighted by Crippen LogP contribution is -2.50. The summed E-state index contributed by atoms with van der Waals surface area (Å²) in [5.41, 5.74) is 2.12. The molecule has 0 spiro atoms. The van der Waals surface area contributed by atoms with Gasteiger partial charge in [0.25, 0.3) is 0 Å². The molecule has 1 fully saturated rings. The molecule has 5 nitrogen and oxygen atoms in total. The summed E-state index contributed by atoms with van der Waals surface area (Å²) in [7, 11) is 0. The predicted molar refractivity (Wildman–Crippen MR) is 84.3 cm³/mol. The minimum Gasteiger partial charge on any atom is -0.338 e. The monoisotopic (exact) mass is 287 g/mol. The van der Waals surface area contributed by atoms with Gasteiger partial charge >= 0.3 is 0 Å². The third kappa shape index (κ3) is 3.70. The molecule has 2 heterocycles. The van der Waals surface area contributed by atoms with Crippen molar-refractivity contribution in [3.05, 3.63) is 17.5 Å². The molecule has 0 aliphatic carbocycles. The van der Waals surface area contributed by atoms with Crippen molar-refractivity contribution in [2.24, 2.45) is 0 Å². The van der Waals surface area contributed by atoms with Gasteiger partial charge in [0.1, 0.15) is 0 Å². The molecule has 0 bridgehead atoms. The van der Waals surface area contributed by atoms with Crippen molar-refractivity contribution in [2.45, 2.75) is 46.1 Å². The molecule has 1 saturated heterocycles. The molecule has 0 N–H and O–H groups in total. The van der Waals surface area contributed by atoms with E-state index in [1.165, 1.54) is 0 Å². The fourth-order valence-electron chi connectivity index (χ4n) is 2.68. The fraction of sp³-hybridized carbons (Fsp3) is 0.688. The third-order valence-electron chi connectivity index (χ3n) is 4.03. The van der Waals surface area contributed by atoms with Crippen LogP contribution in [-0.2, 0) is 0 Å². The maximum Gasteiger partial charge on any atom is 0.225 e. The molecule has 1 atom stereocenters. The predicted octanol–water partition coefficient (Wildman–Crippen LogP) is 2.33. The van der Waals surface area contributed by atoms with E-state index >= 15 is 0 Å². The SMILES string of the molecule is CCC(C#N)N1CCN(c2nc(C)cc(C(C)C)n2)CC1. The first-order valence-electron chi connectivity index (χ1n) is 7.79. The van der Waals surface area contributed by atoms with Crippen LogP contribution in [0.4, 0.5) is 5.95 Å². The van der Waals surface area contributed by atoms with E-state index in [-0.39, 0.29) is 6.04 Å². The van der Waals surface area contributed by atoms with Crippen molar-refractivity contribution in [1.29, 1.82) is 5.26 Å². The zero-order chi connectivity index (χ0) is 15.4. The average Bonchev–Trinajstić information content (AvgIpc) is 2.48. The van der Waals surface area contributed by atoms with Crippen LogP contribution in [0.15, 0.2) is 6.07 Å². The Hall–Kier alpha value is -1.67. The van der Waals surface area contributed by atoms with Crippen LogP contribution in [0.3, 0.4) is 0 Å². The molecular formula is C16H25N5. The molecule has 1 aromatic rings. The second-order valence-electron chi connectivity index (χ2n) is 5.97. The van der Waals surface area contributed by atoms with E-state index in [0.717, 1.165) is 49.9 Å². The van der Waals surface area contributed by atoms with Crippen LogP contribution >= 0.6 is 0 Å². The number of nitrogens with zero attached hydrogens (tertiary/aromatic N) is 5. The van der Waals surface area contributed by atoms with Crippen LogP contribution < -0.4 is 4.90 Å². The molecule has 1 aliphatic rings. The van der Waals surface area contributed by atoms with Crippen molar-refractivity contribution in [3.63, 3.8) is 0 Å². The van der Waals surface area contributed by atoms with Gasteiger partial charge in [-0.1, -0.05) is 20.8 Å². The summed E-state index contributed by atoms with van der Waals surface area (Å²) in [5.74, 6) is 1.25. The van der Waals surface area contributed by atoms with Crippen LogP contribution in [0, 0.1) is 18.3 Å². The number of hydrogen-bond donors (Lipinski definition) is 0. The molecule has 114 valence electrons. The number of aryl methyl sites for hydroxylation is 1. The van der Waals surface area contributed by atoms with Crippen molar-refractivity contribution in [1.82, 2.24) is 14.9 Å². The Morgan fingerprint density at radius 2 is 1.90 bits per heavy atom. The van der Waals surface area contributed by atoms with Crippen LogP contribution in [0.25, 0.3) is 0 Å². The highest BCUT2D eigenvalue weighted by atomic mass is 15.3. The molecule has 21 heavy (non-hydrogen) atoms. The van der Waals surface area contributed by atoms with E-state index < -0.39 is 0 Å². The number of aromatic nitrogens is 2. The Kier molecular flexibility index (Phi) is 5.13. The lowest BCUT2D eigenvalue weighted by atomic mass is 10.1. The Bertz CT molecular complexity index is 512. The minimum atomic E-state index is 0.0387. The summed E-state index contributed by atoms with van der Waals surface area (Å²) in [6.07, 6.45) is 0.884. The molecular weight excluding hydrogens is 262 g/mol. The van der Waals surface area contributed by atoms with E-state index in [1.807, 2.05) is 6.92 Å². The summed E-state index contributed by atoms with van der Waals surface area (Å²) < 4.78 is 0. The summed E-state index contributed by atoms with van der Waals surface area (Å²) in [6, 6.07) is 4.49. The second-order valence-corrected chi connectivity index (χ2v) is 5.97. The van der Waals surface area contributed by atoms with E-state index in [1.54, 1.807) is 0 Å². The largest absolute Gasteiger partial charge is 0.338 e. The van der Waals surface area contributed by atoms with Crippen molar-refractivity contribution in [2.75, 3.05) is 31.1 Å². The zero-order valence-corrected chi connectivity index (χ0v) is 13.5. The van der Waals surface area contributed by atoms with Gasteiger partial charge in [-0.25, -0.2) is 9.97 Å². The van der Waals surface area contributed by atoms with Crippen molar-refractivity contribution in [3.8, 4) is 6.07 Å². The van der Waals surface area contributed by atoms with Gasteiger partial charge in [-0.3, -0.25) is 4.90 Å². The standard InChI is InChI=1S/C16H25N5/c1-5-14(11-17)20-6-8-21(9-7-20)16-18-13(4)10-15(19-16)12(2)3/h10,12,14H,5-9H2,1-4H3. The first kappa shape index (κ1) is 15.7. The topological polar surface area (TPSA) is 56.1 Å². The molecule has 1 aromatic heterocycles. The number of hydrogen-bond acceptors (Lipinski definition) is 5. The highest BCUT2D eigenvalue weighted by Crippen LogP contribution is 2.19. The average molecular weight is 287 g/mol. The van der Waals surface area contributed by atoms with Crippen LogP contribution in [-0.4, -0.2) is 47.1 Å². The van der Waals surface area contributed by atoms with Gasteiger partial charge in [0.15, 0.2) is 0 Å². The van der Waals surface area contributed by atoms with Gasteiger partial charge in [-0.15, -0.1) is 0 Å². The van der Waals surface area contributed by atoms with Crippen molar-refractivity contribution < 1.29 is 0 Å². The number of rotatable bonds is 4. The normalized spacial score (nSPS) is 17.8. The summed E-state index contributed by atoms with van der Waals surface area (Å²) in [6.45, 7) is 12.0. The Morgan fingerprint density at radius 3 is 2.43 bits per heavy atom. The molecule has 0 radical (unpaired) electrons. The second kappa shape index (κ2) is 6.86. The third-order valence-corrected chi connectivity index (χ3v) is 4.03. The first-order chi connectivity index (χ1) is 10.0. The molecule has 0 saturated carbocycles. The first-order valence-corrected chi connectivity index (χ1v) is 7.79. The number of anilines is 1. The number of nitriles is 1. The molecule has 0 aromatic carbocycles. The maximum atomic E-state index is 9.17. The smallest absolute Gasteiger partial charge is 0.225 e. The summed E-state index contributed by atoms with van der Waals surface area (Å²) in [5, 5.41) is 9.17. The van der Waals surface area contributed by atoms with E-state index in [4.69, 9.17) is 10.2 Å². The van der Waals surface area contributed by atoms with Crippen LogP contribution in [0.5, 0.6) is 0 Å². The molecule has 0 amide bonds. The molecule has 1 aliphatic heterocycles. The Morgan fingerprint density at radius 1 is 1.24 bits per heavy atom. The summed E-state index contributed by atoms with van der Waals surface area (Å²) >= 11 is 0. The molecule has 1 unspecified atom stereocenters. The Balaban J connectivity index is 2.07. The van der Waals surface area contributed by atoms with Gasteiger partial charge in [0.2, 0.25) is 5.95 Å². The lowest BCUT2D eigenvalue weighted by Gasteiger charge is -2.36. The van der Waals surface area contributed by atoms with Gasteiger partial charge in [0.05, 0.1) is 12.1 Å². The minimum absolute atomic E-state index is 0.0387.